The zero-order valence-electron chi connectivity index (χ0n) is 13.1. The Labute approximate surface area is 140 Å². The molecule has 1 atom stereocenters. The van der Waals surface area contributed by atoms with Gasteiger partial charge in [-0.25, -0.2) is 9.97 Å². The van der Waals surface area contributed by atoms with E-state index in [9.17, 15) is 5.11 Å². The van der Waals surface area contributed by atoms with E-state index >= 15 is 0 Å². The molecule has 0 aliphatic heterocycles. The molecular formula is C20H17N3O. The number of fused-ring (bicyclic) bond motifs is 1. The molecule has 0 saturated heterocycles. The molecule has 0 amide bonds. The summed E-state index contributed by atoms with van der Waals surface area (Å²) in [5, 5.41) is 11.6. The number of para-hydroxylation sites is 1. The van der Waals surface area contributed by atoms with Gasteiger partial charge in [-0.05, 0) is 17.7 Å². The van der Waals surface area contributed by atoms with Crippen LogP contribution < -0.4 is 0 Å². The zero-order valence-corrected chi connectivity index (χ0v) is 13.1. The molecule has 4 nitrogen and oxygen atoms in total. The highest BCUT2D eigenvalue weighted by Crippen LogP contribution is 2.22. The fourth-order valence-corrected chi connectivity index (χ4v) is 2.85. The van der Waals surface area contributed by atoms with E-state index < -0.39 is 6.10 Å². The van der Waals surface area contributed by atoms with E-state index in [0.717, 1.165) is 28.0 Å². The first kappa shape index (κ1) is 14.6. The van der Waals surface area contributed by atoms with E-state index in [1.807, 2.05) is 77.5 Å². The summed E-state index contributed by atoms with van der Waals surface area (Å²) in [6, 6.07) is 21.7. The summed E-state index contributed by atoms with van der Waals surface area (Å²) in [7, 11) is 0. The highest BCUT2D eigenvalue weighted by atomic mass is 16.3. The maximum absolute atomic E-state index is 10.5. The molecule has 4 heteroatoms. The summed E-state index contributed by atoms with van der Waals surface area (Å²) >= 11 is 0. The van der Waals surface area contributed by atoms with Crippen LogP contribution in [0.3, 0.4) is 0 Å². The van der Waals surface area contributed by atoms with Gasteiger partial charge in [-0.15, -0.1) is 0 Å². The largest absolute Gasteiger partial charge is 0.387 e. The molecule has 24 heavy (non-hydrogen) atoms. The van der Waals surface area contributed by atoms with Crippen molar-refractivity contribution in [2.24, 2.45) is 0 Å². The number of nitrogens with zero attached hydrogens (tertiary/aromatic N) is 3. The maximum Gasteiger partial charge on any atom is 0.158 e. The zero-order chi connectivity index (χ0) is 16.4. The van der Waals surface area contributed by atoms with Crippen LogP contribution in [0.1, 0.15) is 11.7 Å². The van der Waals surface area contributed by atoms with Gasteiger partial charge in [0.2, 0.25) is 0 Å². The molecule has 4 aromatic rings. The van der Waals surface area contributed by atoms with Crippen molar-refractivity contribution in [1.82, 2.24) is 14.5 Å². The number of benzene rings is 2. The molecule has 2 aromatic heterocycles. The number of pyridine rings is 1. The monoisotopic (exact) mass is 315 g/mol. The quantitative estimate of drug-likeness (QED) is 0.622. The van der Waals surface area contributed by atoms with Crippen molar-refractivity contribution < 1.29 is 5.11 Å². The van der Waals surface area contributed by atoms with Gasteiger partial charge in [0.05, 0.1) is 18.2 Å². The minimum atomic E-state index is -0.584. The number of hydrogen-bond acceptors (Lipinski definition) is 3. The van der Waals surface area contributed by atoms with Crippen molar-refractivity contribution in [3.63, 3.8) is 0 Å². The van der Waals surface area contributed by atoms with Crippen LogP contribution in [0.15, 0.2) is 79.1 Å². The third-order valence-corrected chi connectivity index (χ3v) is 4.10. The Morgan fingerprint density at radius 2 is 1.71 bits per heavy atom. The van der Waals surface area contributed by atoms with E-state index in [2.05, 4.69) is 4.98 Å². The Morgan fingerprint density at radius 3 is 2.58 bits per heavy atom. The van der Waals surface area contributed by atoms with Crippen LogP contribution in [0.25, 0.3) is 22.4 Å². The van der Waals surface area contributed by atoms with E-state index in [1.165, 1.54) is 0 Å². The lowest BCUT2D eigenvalue weighted by molar-refractivity contribution is 0.157. The van der Waals surface area contributed by atoms with Gasteiger partial charge in [-0.3, -0.25) is 0 Å². The van der Waals surface area contributed by atoms with Crippen molar-refractivity contribution in [3.05, 3.63) is 84.7 Å². The molecule has 0 bridgehead atoms. The first-order valence-corrected chi connectivity index (χ1v) is 7.91. The second-order valence-corrected chi connectivity index (χ2v) is 5.72. The molecule has 0 aliphatic carbocycles. The van der Waals surface area contributed by atoms with Gasteiger partial charge < -0.3 is 9.67 Å². The smallest absolute Gasteiger partial charge is 0.158 e. The van der Waals surface area contributed by atoms with E-state index in [1.54, 1.807) is 6.20 Å². The molecule has 1 N–H and O–H groups in total. The average molecular weight is 315 g/mol. The Kier molecular flexibility index (Phi) is 3.81. The second-order valence-electron chi connectivity index (χ2n) is 5.72. The third-order valence-electron chi connectivity index (χ3n) is 4.10. The van der Waals surface area contributed by atoms with Crippen LogP contribution in [0.4, 0.5) is 0 Å². The summed E-state index contributed by atoms with van der Waals surface area (Å²) in [6.45, 7) is 0.438. The maximum atomic E-state index is 10.5. The molecule has 118 valence electrons. The molecule has 2 heterocycles. The lowest BCUT2D eigenvalue weighted by atomic mass is 10.1. The SMILES string of the molecule is OC(Cn1ccnc1-c1ccc2ccccc2n1)c1ccccc1. The molecule has 4 rings (SSSR count). The average Bonchev–Trinajstić information content (AvgIpc) is 3.10. The minimum Gasteiger partial charge on any atom is -0.387 e. The molecular weight excluding hydrogens is 298 g/mol. The van der Waals surface area contributed by atoms with E-state index in [4.69, 9.17) is 4.98 Å². The summed E-state index contributed by atoms with van der Waals surface area (Å²) in [4.78, 5) is 9.12. The topological polar surface area (TPSA) is 50.9 Å². The summed E-state index contributed by atoms with van der Waals surface area (Å²) in [6.07, 6.45) is 3.03. The minimum absolute atomic E-state index is 0.438. The number of hydrogen-bond donors (Lipinski definition) is 1. The van der Waals surface area contributed by atoms with Gasteiger partial charge in [-0.1, -0.05) is 54.6 Å². The van der Waals surface area contributed by atoms with Crippen molar-refractivity contribution in [3.8, 4) is 11.5 Å². The van der Waals surface area contributed by atoms with Gasteiger partial charge in [0.25, 0.3) is 0 Å². The first-order valence-electron chi connectivity index (χ1n) is 7.91. The van der Waals surface area contributed by atoms with Gasteiger partial charge in [0.15, 0.2) is 5.82 Å². The number of aromatic nitrogens is 3. The van der Waals surface area contributed by atoms with Crippen LogP contribution in [-0.4, -0.2) is 19.6 Å². The van der Waals surface area contributed by atoms with Crippen molar-refractivity contribution in [1.29, 1.82) is 0 Å². The molecule has 0 fully saturated rings. The van der Waals surface area contributed by atoms with Crippen LogP contribution in [0.2, 0.25) is 0 Å². The Bertz CT molecular complexity index is 963. The lowest BCUT2D eigenvalue weighted by Gasteiger charge is -2.14. The first-order chi connectivity index (χ1) is 11.8. The van der Waals surface area contributed by atoms with Gasteiger partial charge in [-0.2, -0.15) is 0 Å². The van der Waals surface area contributed by atoms with Gasteiger partial charge in [0.1, 0.15) is 5.69 Å². The predicted octanol–water partition coefficient (Wildman–Crippen LogP) is 3.83. The van der Waals surface area contributed by atoms with Crippen LogP contribution in [0, 0.1) is 0 Å². The highest BCUT2D eigenvalue weighted by Gasteiger charge is 2.13. The standard InChI is InChI=1S/C20H17N3O/c24-19(16-7-2-1-3-8-16)14-23-13-12-21-20(23)18-11-10-15-6-4-5-9-17(15)22-18/h1-13,19,24H,14H2. The number of aliphatic hydroxyl groups excluding tert-OH is 1. The van der Waals surface area contributed by atoms with Crippen molar-refractivity contribution in [2.45, 2.75) is 12.6 Å². The number of imidazole rings is 1. The number of aliphatic hydroxyl groups is 1. The fourth-order valence-electron chi connectivity index (χ4n) is 2.85. The van der Waals surface area contributed by atoms with Crippen molar-refractivity contribution >= 4 is 10.9 Å². The Hall–Kier alpha value is -2.98. The Morgan fingerprint density at radius 1 is 0.917 bits per heavy atom. The molecule has 0 spiro atoms. The van der Waals surface area contributed by atoms with Crippen LogP contribution in [0.5, 0.6) is 0 Å². The van der Waals surface area contributed by atoms with Crippen LogP contribution in [-0.2, 0) is 6.54 Å². The van der Waals surface area contributed by atoms with Crippen molar-refractivity contribution in [2.75, 3.05) is 0 Å². The predicted molar refractivity (Wildman–Crippen MR) is 94.4 cm³/mol. The van der Waals surface area contributed by atoms with Gasteiger partial charge >= 0.3 is 0 Å². The third kappa shape index (κ3) is 2.79. The lowest BCUT2D eigenvalue weighted by Crippen LogP contribution is -2.09. The summed E-state index contributed by atoms with van der Waals surface area (Å²) in [5.74, 6) is 0.760. The Balaban J connectivity index is 1.66. The van der Waals surface area contributed by atoms with E-state index in [-0.39, 0.29) is 0 Å². The van der Waals surface area contributed by atoms with Gasteiger partial charge in [0, 0.05) is 17.8 Å². The molecule has 0 radical (unpaired) electrons. The normalized spacial score (nSPS) is 12.4. The molecule has 0 saturated carbocycles. The summed E-state index contributed by atoms with van der Waals surface area (Å²) < 4.78 is 1.94. The highest BCUT2D eigenvalue weighted by molar-refractivity contribution is 5.80. The second kappa shape index (κ2) is 6.26. The molecule has 0 aliphatic rings. The number of rotatable bonds is 4. The molecule has 2 aromatic carbocycles. The molecule has 1 unspecified atom stereocenters. The van der Waals surface area contributed by atoms with Crippen LogP contribution >= 0.6 is 0 Å². The van der Waals surface area contributed by atoms with E-state index in [0.29, 0.717) is 6.54 Å². The fraction of sp³-hybridized carbons (Fsp3) is 0.100. The summed E-state index contributed by atoms with van der Waals surface area (Å²) in [5.41, 5.74) is 2.63.